The van der Waals surface area contributed by atoms with E-state index in [2.05, 4.69) is 12.6 Å². The van der Waals surface area contributed by atoms with Crippen molar-refractivity contribution in [3.05, 3.63) is 14.9 Å². The molecule has 0 saturated carbocycles. The summed E-state index contributed by atoms with van der Waals surface area (Å²) < 4.78 is 0. The molecule has 1 radical (unpaired) electrons. The molecule has 0 bridgehead atoms. The molecule has 11 heavy (non-hydrogen) atoms. The van der Waals surface area contributed by atoms with Crippen molar-refractivity contribution >= 4 is 18.9 Å². The summed E-state index contributed by atoms with van der Waals surface area (Å²) in [6, 6.07) is 0. The van der Waals surface area contributed by atoms with Crippen LogP contribution in [0.25, 0.3) is 0 Å². The van der Waals surface area contributed by atoms with Gasteiger partial charge in [-0.3, -0.25) is 6.29 Å². The quantitative estimate of drug-likeness (QED) is 0.546. The molecule has 0 heterocycles. The van der Waals surface area contributed by atoms with Gasteiger partial charge in [0.1, 0.15) is 0 Å². The topological polar surface area (TPSA) is 17.1 Å². The Balaban J connectivity index is -0.0000000300. The van der Waals surface area contributed by atoms with Crippen molar-refractivity contribution in [3.63, 3.8) is 0 Å². The molecule has 0 fully saturated rings. The van der Waals surface area contributed by atoms with Gasteiger partial charge in [0.15, 0.2) is 0 Å². The van der Waals surface area contributed by atoms with Crippen molar-refractivity contribution in [1.29, 1.82) is 0 Å². The van der Waals surface area contributed by atoms with E-state index >= 15 is 0 Å². The summed E-state index contributed by atoms with van der Waals surface area (Å²) >= 11 is 3.91. The maximum Gasteiger partial charge on any atom is 0 e. The fraction of sp³-hybridized carbons (Fsp3) is 0.571. The molecule has 1 atom stereocenters. The Labute approximate surface area is 116 Å². The van der Waals surface area contributed by atoms with E-state index in [1.165, 1.54) is 0 Å². The van der Waals surface area contributed by atoms with Crippen molar-refractivity contribution in [3.8, 4) is 0 Å². The van der Waals surface area contributed by atoms with Gasteiger partial charge in [0.2, 0.25) is 0 Å². The third-order valence-corrected chi connectivity index (χ3v) is 1.32. The molecule has 1 unspecified atom stereocenters. The van der Waals surface area contributed by atoms with Crippen LogP contribution >= 0.6 is 12.6 Å². The maximum absolute atomic E-state index is 9.79. The summed E-state index contributed by atoms with van der Waals surface area (Å²) in [5, 5.41) is 0. The molecule has 0 N–H and O–H groups in total. The van der Waals surface area contributed by atoms with Crippen molar-refractivity contribution < 1.29 is 58.6 Å². The largest absolute Gasteiger partial charge is 0.541 e. The molecule has 67 valence electrons. The van der Waals surface area contributed by atoms with E-state index in [0.717, 1.165) is 6.42 Å². The molecule has 0 aliphatic rings. The van der Waals surface area contributed by atoms with E-state index in [9.17, 15) is 4.79 Å². The molecule has 0 rings (SSSR count). The van der Waals surface area contributed by atoms with E-state index in [1.54, 1.807) is 0 Å². The summed E-state index contributed by atoms with van der Waals surface area (Å²) in [5.74, 6) is 0.670. The van der Waals surface area contributed by atoms with Crippen molar-refractivity contribution in [2.75, 3.05) is 5.75 Å². The normalized spacial score (nSPS) is 8.55. The Morgan fingerprint density at radius 2 is 1.82 bits per heavy atom. The molecule has 4 heteroatoms. The third-order valence-electron chi connectivity index (χ3n) is 0.880. The van der Waals surface area contributed by atoms with E-state index in [-0.39, 0.29) is 74.5 Å². The first-order valence-electron chi connectivity index (χ1n) is 2.33. The van der Waals surface area contributed by atoms with Gasteiger partial charge in [0, 0.05) is 53.8 Å². The number of carbonyl (C=O) groups excluding carboxylic acids is 1. The minimum atomic E-state index is 0. The fourth-order valence-corrected chi connectivity index (χ4v) is 0.582. The Bertz CT molecular complexity index is 60.4. The smallest absolute Gasteiger partial charge is 0 e. The summed E-state index contributed by atoms with van der Waals surface area (Å²) in [6.45, 7) is 1.95. The van der Waals surface area contributed by atoms with Crippen LogP contribution in [0.15, 0.2) is 0 Å². The van der Waals surface area contributed by atoms with E-state index in [4.69, 9.17) is 0 Å². The van der Waals surface area contributed by atoms with Gasteiger partial charge >= 0.3 is 0 Å². The molecule has 0 aromatic heterocycles. The van der Waals surface area contributed by atoms with Crippen LogP contribution in [0.3, 0.4) is 0 Å². The molecule has 0 amide bonds. The Kier molecular flexibility index (Phi) is 60.3. The zero-order valence-electron chi connectivity index (χ0n) is 7.33. The number of rotatable bonds is 3. The van der Waals surface area contributed by atoms with Gasteiger partial charge in [-0.05, 0) is 5.75 Å². The molecule has 1 nitrogen and oxygen atoms in total. The van der Waals surface area contributed by atoms with E-state index in [1.807, 2.05) is 13.2 Å². The number of thiol groups is 1. The van der Waals surface area contributed by atoms with Crippen molar-refractivity contribution in [2.24, 2.45) is 5.92 Å². The van der Waals surface area contributed by atoms with Gasteiger partial charge in [-0.15, -0.1) is 5.92 Å². The Hall–Kier alpha value is 1.81. The van der Waals surface area contributed by atoms with Crippen LogP contribution in [0, 0.1) is 20.8 Å². The maximum atomic E-state index is 9.79. The first kappa shape index (κ1) is 29.3. The molecule has 0 aromatic carbocycles. The summed E-state index contributed by atoms with van der Waals surface area (Å²) in [7, 11) is 0. The van der Waals surface area contributed by atoms with Crippen LogP contribution in [0.4, 0.5) is 0 Å². The van der Waals surface area contributed by atoms with Crippen molar-refractivity contribution in [1.82, 2.24) is 0 Å². The monoisotopic (exact) mass is 420 g/mol. The van der Waals surface area contributed by atoms with Gasteiger partial charge in [0.25, 0.3) is 0 Å². The van der Waals surface area contributed by atoms with Gasteiger partial charge < -0.3 is 19.6 Å². The van der Waals surface area contributed by atoms with E-state index in [0.29, 0.717) is 5.75 Å². The Morgan fingerprint density at radius 3 is 1.82 bits per heavy atom. The molecule has 0 saturated heterocycles. The predicted octanol–water partition coefficient (Wildman–Crippen LogP) is 1.95. The minimum Gasteiger partial charge on any atom is -0.541 e. The van der Waals surface area contributed by atoms with Gasteiger partial charge in [0.05, 0.1) is 0 Å². The van der Waals surface area contributed by atoms with Crippen LogP contribution in [0.5, 0.6) is 0 Å². The average Bonchev–Trinajstić information content (AvgIpc) is 1.72. The SMILES string of the molecule is CCC([C-]=O)CS.[CH3-].[CH3-].[W].[Y]. The van der Waals surface area contributed by atoms with Crippen LogP contribution in [0.1, 0.15) is 13.3 Å². The fourth-order valence-electron chi connectivity index (χ4n) is 0.250. The molecular formula is C7H15OSWY-3. The Morgan fingerprint density at radius 1 is 1.45 bits per heavy atom. The van der Waals surface area contributed by atoms with Gasteiger partial charge in [-0.2, -0.15) is 12.6 Å². The van der Waals surface area contributed by atoms with Crippen LogP contribution in [0.2, 0.25) is 0 Å². The first-order chi connectivity index (χ1) is 3.35. The molecule has 0 spiro atoms. The number of hydrogen-bond donors (Lipinski definition) is 1. The predicted molar refractivity (Wildman–Crippen MR) is 46.2 cm³/mol. The second-order valence-electron chi connectivity index (χ2n) is 1.41. The molecule has 0 aromatic rings. The van der Waals surface area contributed by atoms with Crippen LogP contribution in [-0.2, 0) is 58.6 Å². The molecular weight excluding hydrogens is 405 g/mol. The average molecular weight is 420 g/mol. The zero-order chi connectivity index (χ0) is 5.70. The van der Waals surface area contributed by atoms with Crippen LogP contribution < -0.4 is 0 Å². The summed E-state index contributed by atoms with van der Waals surface area (Å²) in [5.41, 5.74) is 0. The summed E-state index contributed by atoms with van der Waals surface area (Å²) in [6.07, 6.45) is 2.73. The molecule has 0 aliphatic carbocycles. The molecule has 0 aliphatic heterocycles. The second kappa shape index (κ2) is 22.6. The number of hydrogen-bond acceptors (Lipinski definition) is 2. The second-order valence-corrected chi connectivity index (χ2v) is 1.77. The minimum absolute atomic E-state index is 0. The zero-order valence-corrected chi connectivity index (χ0v) is 14.0. The van der Waals surface area contributed by atoms with Gasteiger partial charge in [-0.1, -0.05) is 13.3 Å². The van der Waals surface area contributed by atoms with Crippen LogP contribution in [-0.4, -0.2) is 12.0 Å². The standard InChI is InChI=1S/C5H9OS.2CH3.W.Y/c1-2-5(3-6)4-7;;;;/h5,7H,2,4H2,1H3;2*1H3;;/q3*-1;;. The first-order valence-corrected chi connectivity index (χ1v) is 2.97. The van der Waals surface area contributed by atoms with E-state index < -0.39 is 0 Å². The third kappa shape index (κ3) is 18.6. The summed E-state index contributed by atoms with van der Waals surface area (Å²) in [4.78, 5) is 9.79. The van der Waals surface area contributed by atoms with Crippen molar-refractivity contribution in [2.45, 2.75) is 13.3 Å². The van der Waals surface area contributed by atoms with Gasteiger partial charge in [-0.25, -0.2) is 0 Å².